The molecule has 3 rings (SSSR count). The molecule has 1 amide bonds. The van der Waals surface area contributed by atoms with Crippen molar-refractivity contribution in [1.82, 2.24) is 9.88 Å². The van der Waals surface area contributed by atoms with Gasteiger partial charge in [0.1, 0.15) is 5.69 Å². The predicted molar refractivity (Wildman–Crippen MR) is 81.0 cm³/mol. The minimum absolute atomic E-state index is 0.138. The molecule has 1 aliphatic carbocycles. The maximum Gasteiger partial charge on any atom is 0.307 e. The van der Waals surface area contributed by atoms with Crippen molar-refractivity contribution in [2.75, 3.05) is 32.2 Å². The lowest BCUT2D eigenvalue weighted by atomic mass is 10.1. The van der Waals surface area contributed by atoms with Gasteiger partial charge in [-0.25, -0.2) is 4.98 Å². The second-order valence-corrected chi connectivity index (χ2v) is 6.32. The number of methoxy groups -OCH3 is 1. The van der Waals surface area contributed by atoms with Crippen LogP contribution < -0.4 is 5.32 Å². The Hall–Kier alpha value is -1.67. The Labute approximate surface area is 132 Å². The largest absolute Gasteiger partial charge is 0.469 e. The minimum atomic E-state index is -0.345. The fourth-order valence-corrected chi connectivity index (χ4v) is 3.12. The number of carbonyl (C=O) groups excluding carboxylic acids is 2. The van der Waals surface area contributed by atoms with Gasteiger partial charge >= 0.3 is 5.97 Å². The first-order valence-corrected chi connectivity index (χ1v) is 8.23. The lowest BCUT2D eigenvalue weighted by molar-refractivity contribution is -0.143. The van der Waals surface area contributed by atoms with Crippen LogP contribution in [0.25, 0.3) is 0 Å². The molecule has 1 atom stereocenters. The summed E-state index contributed by atoms with van der Waals surface area (Å²) in [5.74, 6) is -0.500. The third-order valence-electron chi connectivity index (χ3n) is 3.75. The highest BCUT2D eigenvalue weighted by Crippen LogP contribution is 2.27. The Balaban J connectivity index is 1.67. The molecule has 2 fully saturated rings. The number of hydrogen-bond acceptors (Lipinski definition) is 7. The standard InChI is InChI=1S/C14H19N3O4S/c1-20-12(18)6-10-7-21-5-4-17(10)13(19)11-8-22-14(16-11)15-9-2-3-9/h8-10H,2-7H2,1H3,(H,15,16). The van der Waals surface area contributed by atoms with E-state index < -0.39 is 0 Å². The van der Waals surface area contributed by atoms with Crippen LogP contribution in [0.3, 0.4) is 0 Å². The summed E-state index contributed by atoms with van der Waals surface area (Å²) in [6.45, 7) is 1.28. The fraction of sp³-hybridized carbons (Fsp3) is 0.643. The molecule has 8 heteroatoms. The molecule has 22 heavy (non-hydrogen) atoms. The van der Waals surface area contributed by atoms with Crippen molar-refractivity contribution in [2.24, 2.45) is 0 Å². The highest BCUT2D eigenvalue weighted by Gasteiger charge is 2.31. The van der Waals surface area contributed by atoms with Crippen LogP contribution in [0.5, 0.6) is 0 Å². The highest BCUT2D eigenvalue weighted by molar-refractivity contribution is 7.13. The van der Waals surface area contributed by atoms with Gasteiger partial charge in [0.25, 0.3) is 5.91 Å². The molecule has 0 bridgehead atoms. The zero-order valence-electron chi connectivity index (χ0n) is 12.4. The molecule has 120 valence electrons. The second kappa shape index (κ2) is 6.62. The zero-order chi connectivity index (χ0) is 15.5. The smallest absolute Gasteiger partial charge is 0.307 e. The summed E-state index contributed by atoms with van der Waals surface area (Å²) in [6, 6.07) is 0.208. The Kier molecular flexibility index (Phi) is 4.58. The van der Waals surface area contributed by atoms with Crippen LogP contribution in [-0.4, -0.2) is 60.7 Å². The number of aromatic nitrogens is 1. The van der Waals surface area contributed by atoms with Crippen molar-refractivity contribution < 1.29 is 19.1 Å². The van der Waals surface area contributed by atoms with Gasteiger partial charge in [0, 0.05) is 18.0 Å². The van der Waals surface area contributed by atoms with Gasteiger partial charge in [0.2, 0.25) is 0 Å². The molecular weight excluding hydrogens is 306 g/mol. The van der Waals surface area contributed by atoms with Crippen LogP contribution in [0, 0.1) is 0 Å². The average Bonchev–Trinajstić information content (AvgIpc) is 3.22. The number of hydrogen-bond donors (Lipinski definition) is 1. The maximum atomic E-state index is 12.6. The molecule has 1 saturated heterocycles. The lowest BCUT2D eigenvalue weighted by Crippen LogP contribution is -2.49. The van der Waals surface area contributed by atoms with Crippen LogP contribution in [0.15, 0.2) is 5.38 Å². The molecule has 1 saturated carbocycles. The number of ether oxygens (including phenoxy) is 2. The number of thiazole rings is 1. The van der Waals surface area contributed by atoms with Gasteiger partial charge < -0.3 is 19.7 Å². The molecule has 2 heterocycles. The number of amides is 1. The molecule has 0 spiro atoms. The van der Waals surface area contributed by atoms with E-state index in [-0.39, 0.29) is 24.3 Å². The summed E-state index contributed by atoms with van der Waals surface area (Å²) < 4.78 is 10.1. The Morgan fingerprint density at radius 2 is 2.36 bits per heavy atom. The van der Waals surface area contributed by atoms with Gasteiger partial charge in [-0.2, -0.15) is 0 Å². The third-order valence-corrected chi connectivity index (χ3v) is 4.52. The first-order valence-electron chi connectivity index (χ1n) is 7.35. The van der Waals surface area contributed by atoms with E-state index in [1.54, 1.807) is 10.3 Å². The summed E-state index contributed by atoms with van der Waals surface area (Å²) >= 11 is 1.44. The minimum Gasteiger partial charge on any atom is -0.469 e. The Morgan fingerprint density at radius 1 is 1.55 bits per heavy atom. The SMILES string of the molecule is COC(=O)CC1COCCN1C(=O)c1csc(NC2CC2)n1. The number of carbonyl (C=O) groups is 2. The monoisotopic (exact) mass is 325 g/mol. The summed E-state index contributed by atoms with van der Waals surface area (Å²) in [5, 5.41) is 5.83. The number of morpholine rings is 1. The normalized spacial score (nSPS) is 21.5. The van der Waals surface area contributed by atoms with Gasteiger partial charge in [0.15, 0.2) is 5.13 Å². The van der Waals surface area contributed by atoms with Gasteiger partial charge in [-0.05, 0) is 12.8 Å². The van der Waals surface area contributed by atoms with Gasteiger partial charge in [-0.15, -0.1) is 11.3 Å². The van der Waals surface area contributed by atoms with E-state index in [1.807, 2.05) is 0 Å². The fourth-order valence-electron chi connectivity index (χ4n) is 2.35. The summed E-state index contributed by atoms with van der Waals surface area (Å²) in [7, 11) is 1.34. The molecule has 1 aromatic heterocycles. The summed E-state index contributed by atoms with van der Waals surface area (Å²) in [5.41, 5.74) is 0.421. The van der Waals surface area contributed by atoms with E-state index in [1.165, 1.54) is 18.4 Å². The van der Waals surface area contributed by atoms with Crippen LogP contribution in [0.1, 0.15) is 29.8 Å². The van der Waals surface area contributed by atoms with E-state index in [4.69, 9.17) is 4.74 Å². The van der Waals surface area contributed by atoms with Gasteiger partial charge in [0.05, 0.1) is 32.8 Å². The number of nitrogens with one attached hydrogen (secondary N) is 1. The number of anilines is 1. The molecule has 2 aliphatic rings. The van der Waals surface area contributed by atoms with Crippen molar-refractivity contribution in [2.45, 2.75) is 31.3 Å². The highest BCUT2D eigenvalue weighted by atomic mass is 32.1. The van der Waals surface area contributed by atoms with Crippen molar-refractivity contribution in [3.05, 3.63) is 11.1 Å². The maximum absolute atomic E-state index is 12.6. The molecule has 0 aromatic carbocycles. The molecule has 1 aliphatic heterocycles. The quantitative estimate of drug-likeness (QED) is 0.817. The Morgan fingerprint density at radius 3 is 3.09 bits per heavy atom. The number of rotatable bonds is 5. The van der Waals surface area contributed by atoms with Gasteiger partial charge in [-0.1, -0.05) is 0 Å². The van der Waals surface area contributed by atoms with Crippen LogP contribution in [-0.2, 0) is 14.3 Å². The van der Waals surface area contributed by atoms with Crippen molar-refractivity contribution in [1.29, 1.82) is 0 Å². The van der Waals surface area contributed by atoms with E-state index in [2.05, 4.69) is 15.0 Å². The van der Waals surface area contributed by atoms with Gasteiger partial charge in [-0.3, -0.25) is 9.59 Å². The van der Waals surface area contributed by atoms with Crippen LogP contribution in [0.4, 0.5) is 5.13 Å². The van der Waals surface area contributed by atoms with E-state index in [9.17, 15) is 9.59 Å². The molecule has 1 N–H and O–H groups in total. The van der Waals surface area contributed by atoms with E-state index >= 15 is 0 Å². The average molecular weight is 325 g/mol. The van der Waals surface area contributed by atoms with Crippen molar-refractivity contribution in [3.63, 3.8) is 0 Å². The molecule has 1 unspecified atom stereocenters. The van der Waals surface area contributed by atoms with Crippen LogP contribution in [0.2, 0.25) is 0 Å². The molecular formula is C14H19N3O4S. The summed E-state index contributed by atoms with van der Waals surface area (Å²) in [4.78, 5) is 30.1. The molecule has 1 aromatic rings. The first-order chi connectivity index (χ1) is 10.7. The van der Waals surface area contributed by atoms with Crippen LogP contribution >= 0.6 is 11.3 Å². The third kappa shape index (κ3) is 3.56. The van der Waals surface area contributed by atoms with E-state index in [0.717, 1.165) is 18.0 Å². The zero-order valence-corrected chi connectivity index (χ0v) is 13.2. The number of nitrogens with zero attached hydrogens (tertiary/aromatic N) is 2. The first kappa shape index (κ1) is 15.2. The second-order valence-electron chi connectivity index (χ2n) is 5.46. The topological polar surface area (TPSA) is 80.8 Å². The number of esters is 1. The lowest BCUT2D eigenvalue weighted by Gasteiger charge is -2.34. The molecule has 0 radical (unpaired) electrons. The predicted octanol–water partition coefficient (Wildman–Crippen LogP) is 1.12. The Bertz CT molecular complexity index is 558. The van der Waals surface area contributed by atoms with Crippen molar-refractivity contribution >= 4 is 28.3 Å². The van der Waals surface area contributed by atoms with Crippen molar-refractivity contribution in [3.8, 4) is 0 Å². The molecule has 7 nitrogen and oxygen atoms in total. The summed E-state index contributed by atoms with van der Waals surface area (Å²) in [6.07, 6.45) is 2.46. The van der Waals surface area contributed by atoms with E-state index in [0.29, 0.717) is 31.5 Å².